The Balaban J connectivity index is 2.04. The fraction of sp³-hybridized carbons (Fsp3) is 0.480. The summed E-state index contributed by atoms with van der Waals surface area (Å²) in [6, 6.07) is 7.89. The summed E-state index contributed by atoms with van der Waals surface area (Å²) in [6.07, 6.45) is -2.84. The third-order valence-electron chi connectivity index (χ3n) is 6.61. The number of aromatic nitrogens is 1. The molecule has 1 aliphatic heterocycles. The van der Waals surface area contributed by atoms with Gasteiger partial charge in [0.05, 0.1) is 17.3 Å². The van der Waals surface area contributed by atoms with Crippen molar-refractivity contribution in [3.8, 4) is 6.07 Å². The quantitative estimate of drug-likeness (QED) is 0.657. The highest BCUT2D eigenvalue weighted by Gasteiger charge is 2.53. The predicted molar refractivity (Wildman–Crippen MR) is 121 cm³/mol. The summed E-state index contributed by atoms with van der Waals surface area (Å²) in [7, 11) is 1.91. The number of amides is 1. The highest BCUT2D eigenvalue weighted by Crippen LogP contribution is 2.42. The maximum absolute atomic E-state index is 13.8. The third kappa shape index (κ3) is 4.93. The van der Waals surface area contributed by atoms with E-state index in [0.29, 0.717) is 29.8 Å². The first kappa shape index (κ1) is 25.7. The molecule has 1 N–H and O–H groups in total. The Morgan fingerprint density at radius 3 is 2.59 bits per heavy atom. The van der Waals surface area contributed by atoms with Gasteiger partial charge in [0.15, 0.2) is 5.60 Å². The van der Waals surface area contributed by atoms with Crippen molar-refractivity contribution in [1.29, 1.82) is 5.26 Å². The lowest BCUT2D eigenvalue weighted by atomic mass is 9.82. The lowest BCUT2D eigenvalue weighted by molar-refractivity contribution is -0.259. The van der Waals surface area contributed by atoms with Crippen LogP contribution in [-0.2, 0) is 18.4 Å². The minimum atomic E-state index is -4.89. The monoisotopic (exact) mass is 474 g/mol. The second-order valence-electron chi connectivity index (χ2n) is 8.89. The van der Waals surface area contributed by atoms with Crippen molar-refractivity contribution in [2.75, 3.05) is 26.7 Å². The molecule has 2 unspecified atom stereocenters. The number of alkyl halides is 3. The zero-order valence-electron chi connectivity index (χ0n) is 19.8. The molecule has 3 rings (SSSR count). The molecule has 9 heteroatoms. The van der Waals surface area contributed by atoms with Crippen molar-refractivity contribution in [2.24, 2.45) is 0 Å². The van der Waals surface area contributed by atoms with Gasteiger partial charge in [-0.2, -0.15) is 18.4 Å². The van der Waals surface area contributed by atoms with E-state index in [1.807, 2.05) is 24.9 Å². The van der Waals surface area contributed by atoms with Gasteiger partial charge in [-0.05, 0) is 75.2 Å². The van der Waals surface area contributed by atoms with Crippen LogP contribution in [-0.4, -0.2) is 58.7 Å². The minimum Gasteiger partial charge on any atom is -0.376 e. The Morgan fingerprint density at radius 1 is 1.32 bits per heavy atom. The van der Waals surface area contributed by atoms with Crippen LogP contribution in [0.3, 0.4) is 0 Å². The normalized spacial score (nSPS) is 16.7. The second-order valence-corrected chi connectivity index (χ2v) is 8.89. The smallest absolute Gasteiger partial charge is 0.376 e. The number of pyridine rings is 1. The average Bonchev–Trinajstić information content (AvgIpc) is 2.81. The van der Waals surface area contributed by atoms with Gasteiger partial charge in [0.1, 0.15) is 6.07 Å². The number of rotatable bonds is 7. The van der Waals surface area contributed by atoms with E-state index in [4.69, 9.17) is 5.26 Å². The van der Waals surface area contributed by atoms with Gasteiger partial charge in [0, 0.05) is 24.8 Å². The summed E-state index contributed by atoms with van der Waals surface area (Å²) in [5.41, 5.74) is -1.38. The molecule has 2 heterocycles. The van der Waals surface area contributed by atoms with Crippen molar-refractivity contribution in [2.45, 2.75) is 51.4 Å². The highest BCUT2D eigenvalue weighted by molar-refractivity contribution is 5.97. The van der Waals surface area contributed by atoms with Crippen LogP contribution in [0.2, 0.25) is 0 Å². The molecule has 1 amide bonds. The van der Waals surface area contributed by atoms with Gasteiger partial charge < -0.3 is 14.9 Å². The van der Waals surface area contributed by atoms with Crippen LogP contribution in [0.4, 0.5) is 13.2 Å². The zero-order chi connectivity index (χ0) is 25.3. The number of fused-ring (bicyclic) bond motifs is 1. The first-order valence-electron chi connectivity index (χ1n) is 11.2. The molecule has 2 atom stereocenters. The lowest BCUT2D eigenvalue weighted by Gasteiger charge is -2.37. The van der Waals surface area contributed by atoms with Crippen molar-refractivity contribution >= 4 is 5.91 Å². The number of halogens is 3. The van der Waals surface area contributed by atoms with E-state index in [0.717, 1.165) is 13.5 Å². The Bertz CT molecular complexity index is 1090. The summed E-state index contributed by atoms with van der Waals surface area (Å²) >= 11 is 0. The molecule has 1 aliphatic rings. The average molecular weight is 475 g/mol. The highest BCUT2D eigenvalue weighted by atomic mass is 19.4. The molecule has 0 spiro atoms. The van der Waals surface area contributed by atoms with Crippen LogP contribution < -0.4 is 0 Å². The van der Waals surface area contributed by atoms with E-state index in [9.17, 15) is 23.1 Å². The summed E-state index contributed by atoms with van der Waals surface area (Å²) < 4.78 is 41.4. The molecule has 0 bridgehead atoms. The number of benzene rings is 1. The standard InChI is InChI=1S/C25H29F3N4O2/c1-5-31(4)10-8-17-12-20-19(21(13-17)24(3,34)25(26,27)28)9-11-32(23(20)33)16(2)22-7-6-18(14-29)15-30-22/h6-7,12-13,15-16,34H,5,8-11H2,1-4H3. The van der Waals surface area contributed by atoms with Crippen LogP contribution in [0.5, 0.6) is 0 Å². The molecule has 2 aromatic rings. The van der Waals surface area contributed by atoms with E-state index in [1.165, 1.54) is 12.3 Å². The maximum Gasteiger partial charge on any atom is 0.421 e. The summed E-state index contributed by atoms with van der Waals surface area (Å²) in [6.45, 7) is 6.08. The molecular formula is C25H29F3N4O2. The van der Waals surface area contributed by atoms with Crippen LogP contribution in [0.1, 0.15) is 65.1 Å². The number of nitrogens with zero attached hydrogens (tertiary/aromatic N) is 4. The lowest BCUT2D eigenvalue weighted by Crippen LogP contribution is -2.44. The van der Waals surface area contributed by atoms with E-state index < -0.39 is 23.7 Å². The van der Waals surface area contributed by atoms with E-state index >= 15 is 0 Å². The topological polar surface area (TPSA) is 80.5 Å². The first-order chi connectivity index (χ1) is 15.9. The number of carbonyl (C=O) groups excluding carboxylic acids is 1. The van der Waals surface area contributed by atoms with Crippen LogP contribution in [0.15, 0.2) is 30.5 Å². The summed E-state index contributed by atoms with van der Waals surface area (Å²) in [4.78, 5) is 21.4. The van der Waals surface area contributed by atoms with E-state index in [-0.39, 0.29) is 29.7 Å². The molecule has 0 fully saturated rings. The molecule has 34 heavy (non-hydrogen) atoms. The van der Waals surface area contributed by atoms with E-state index in [1.54, 1.807) is 30.0 Å². The molecule has 0 radical (unpaired) electrons. The largest absolute Gasteiger partial charge is 0.421 e. The Labute approximate surface area is 197 Å². The van der Waals surface area contributed by atoms with Crippen molar-refractivity contribution in [3.05, 3.63) is 64.0 Å². The molecule has 182 valence electrons. The summed E-state index contributed by atoms with van der Waals surface area (Å²) in [5, 5.41) is 19.5. The maximum atomic E-state index is 13.8. The van der Waals surface area contributed by atoms with Crippen LogP contribution in [0, 0.1) is 11.3 Å². The zero-order valence-corrected chi connectivity index (χ0v) is 19.8. The molecular weight excluding hydrogens is 445 g/mol. The fourth-order valence-electron chi connectivity index (χ4n) is 4.14. The fourth-order valence-corrected chi connectivity index (χ4v) is 4.14. The Hall–Kier alpha value is -2.96. The Morgan fingerprint density at radius 2 is 2.03 bits per heavy atom. The molecule has 1 aromatic carbocycles. The van der Waals surface area contributed by atoms with Gasteiger partial charge in [0.2, 0.25) is 0 Å². The summed E-state index contributed by atoms with van der Waals surface area (Å²) in [5.74, 6) is -0.398. The van der Waals surface area contributed by atoms with Gasteiger partial charge >= 0.3 is 6.18 Å². The number of aliphatic hydroxyl groups is 1. The molecule has 6 nitrogen and oxygen atoms in total. The van der Waals surface area contributed by atoms with Gasteiger partial charge in [-0.15, -0.1) is 0 Å². The molecule has 0 aliphatic carbocycles. The first-order valence-corrected chi connectivity index (χ1v) is 11.2. The molecule has 0 saturated heterocycles. The number of hydrogen-bond donors (Lipinski definition) is 1. The van der Waals surface area contributed by atoms with Crippen molar-refractivity contribution < 1.29 is 23.1 Å². The number of nitriles is 1. The second kappa shape index (κ2) is 9.72. The molecule has 1 aromatic heterocycles. The van der Waals surface area contributed by atoms with Gasteiger partial charge in [0.25, 0.3) is 5.91 Å². The number of likely N-dealkylation sites (N-methyl/N-ethyl adjacent to an activating group) is 1. The van der Waals surface area contributed by atoms with Gasteiger partial charge in [-0.3, -0.25) is 9.78 Å². The minimum absolute atomic E-state index is 0.179. The SMILES string of the molecule is CCN(C)CCc1cc2c(c(C(C)(O)C(F)(F)F)c1)CCN(C(C)c1ccc(C#N)cn1)C2=O. The number of hydrogen-bond acceptors (Lipinski definition) is 5. The van der Waals surface area contributed by atoms with Crippen molar-refractivity contribution in [3.63, 3.8) is 0 Å². The van der Waals surface area contributed by atoms with Gasteiger partial charge in [-0.1, -0.05) is 13.0 Å². The van der Waals surface area contributed by atoms with E-state index in [2.05, 4.69) is 4.98 Å². The molecule has 0 saturated carbocycles. The van der Waals surface area contributed by atoms with Crippen LogP contribution >= 0.6 is 0 Å². The van der Waals surface area contributed by atoms with Crippen LogP contribution in [0.25, 0.3) is 0 Å². The number of carbonyl (C=O) groups is 1. The van der Waals surface area contributed by atoms with Crippen molar-refractivity contribution in [1.82, 2.24) is 14.8 Å². The van der Waals surface area contributed by atoms with Gasteiger partial charge in [-0.25, -0.2) is 0 Å². The third-order valence-corrected chi connectivity index (χ3v) is 6.61. The Kier molecular flexibility index (Phi) is 7.34. The predicted octanol–water partition coefficient (Wildman–Crippen LogP) is 3.98.